The molecule has 1 aliphatic rings. The van der Waals surface area contributed by atoms with Crippen molar-refractivity contribution in [1.29, 1.82) is 0 Å². The first-order chi connectivity index (χ1) is 11.6. The zero-order chi connectivity index (χ0) is 17.6. The highest BCUT2D eigenvalue weighted by atomic mass is 33.1. The first kappa shape index (κ1) is 21.6. The fourth-order valence-electron chi connectivity index (χ4n) is 2.28. The van der Waals surface area contributed by atoms with Gasteiger partial charge < -0.3 is 14.4 Å². The number of unbranched alkanes of at least 4 members (excludes halogenated alkanes) is 3. The predicted molar refractivity (Wildman–Crippen MR) is 101 cm³/mol. The van der Waals surface area contributed by atoms with Crippen molar-refractivity contribution in [2.75, 3.05) is 38.3 Å². The van der Waals surface area contributed by atoms with Gasteiger partial charge in [-0.1, -0.05) is 28.5 Å². The molecule has 24 heavy (non-hydrogen) atoms. The summed E-state index contributed by atoms with van der Waals surface area (Å²) in [5, 5.41) is 0. The van der Waals surface area contributed by atoms with Gasteiger partial charge in [-0.25, -0.2) is 0 Å². The maximum Gasteiger partial charge on any atom is 0.307 e. The van der Waals surface area contributed by atoms with Gasteiger partial charge in [-0.15, -0.1) is 0 Å². The Morgan fingerprint density at radius 2 is 1.50 bits per heavy atom. The van der Waals surface area contributed by atoms with Crippen molar-refractivity contribution < 1.29 is 19.1 Å². The normalized spacial score (nSPS) is 15.0. The maximum absolute atomic E-state index is 11.7. The van der Waals surface area contributed by atoms with E-state index in [4.69, 9.17) is 9.47 Å². The van der Waals surface area contributed by atoms with E-state index in [0.717, 1.165) is 50.2 Å². The molecular weight excluding hydrogens is 346 g/mol. The van der Waals surface area contributed by atoms with Crippen molar-refractivity contribution >= 4 is 33.5 Å². The molecule has 0 aromatic heterocycles. The third-order valence-corrected chi connectivity index (χ3v) is 6.44. The molecule has 1 aliphatic heterocycles. The molecule has 0 amide bonds. The quantitative estimate of drug-likeness (QED) is 0.276. The van der Waals surface area contributed by atoms with Crippen LogP contribution in [0.1, 0.15) is 51.9 Å². The molecule has 0 saturated carbocycles. The average molecular weight is 378 g/mol. The Hall–Kier alpha value is -0.400. The van der Waals surface area contributed by atoms with E-state index in [-0.39, 0.29) is 11.9 Å². The van der Waals surface area contributed by atoms with Crippen molar-refractivity contribution in [2.45, 2.75) is 57.9 Å². The van der Waals surface area contributed by atoms with Crippen LogP contribution in [0.25, 0.3) is 0 Å². The standard InChI is InChI=1S/C17H31NO4S2/c1-3-8-16(19)21-11-6-4-5-7-12-22-17(20)9-10-18(2)15-13-23-24-14-15/h15H,3-14H2,1-2H3. The topological polar surface area (TPSA) is 55.8 Å². The van der Waals surface area contributed by atoms with Gasteiger partial charge in [0.25, 0.3) is 0 Å². The summed E-state index contributed by atoms with van der Waals surface area (Å²) < 4.78 is 10.4. The molecule has 0 atom stereocenters. The van der Waals surface area contributed by atoms with Crippen molar-refractivity contribution in [3.05, 3.63) is 0 Å². The molecule has 1 saturated heterocycles. The molecule has 0 radical (unpaired) electrons. The first-order valence-corrected chi connectivity index (χ1v) is 11.4. The van der Waals surface area contributed by atoms with E-state index in [9.17, 15) is 9.59 Å². The average Bonchev–Trinajstić information content (AvgIpc) is 3.10. The summed E-state index contributed by atoms with van der Waals surface area (Å²) >= 11 is 0. The van der Waals surface area contributed by atoms with E-state index >= 15 is 0 Å². The number of hydrogen-bond donors (Lipinski definition) is 0. The summed E-state index contributed by atoms with van der Waals surface area (Å²) in [6.45, 7) is 3.73. The molecule has 140 valence electrons. The summed E-state index contributed by atoms with van der Waals surface area (Å²) in [6, 6.07) is 0.583. The lowest BCUT2D eigenvalue weighted by Gasteiger charge is -2.22. The summed E-state index contributed by atoms with van der Waals surface area (Å²) in [5.74, 6) is 2.08. The maximum atomic E-state index is 11.7. The Bertz CT molecular complexity index is 362. The summed E-state index contributed by atoms with van der Waals surface area (Å²) in [5.41, 5.74) is 0. The predicted octanol–water partition coefficient (Wildman–Crippen LogP) is 3.52. The molecular formula is C17H31NO4S2. The minimum Gasteiger partial charge on any atom is -0.466 e. The van der Waals surface area contributed by atoms with E-state index < -0.39 is 0 Å². The minimum atomic E-state index is -0.105. The Kier molecular flexibility index (Phi) is 12.5. The number of rotatable bonds is 13. The Balaban J connectivity index is 1.88. The van der Waals surface area contributed by atoms with Crippen LogP contribution in [-0.4, -0.2) is 61.2 Å². The second-order valence-corrected chi connectivity index (χ2v) is 8.61. The van der Waals surface area contributed by atoms with Gasteiger partial charge >= 0.3 is 11.9 Å². The fraction of sp³-hybridized carbons (Fsp3) is 0.882. The minimum absolute atomic E-state index is 0.103. The molecule has 0 spiro atoms. The Labute approximate surface area is 154 Å². The van der Waals surface area contributed by atoms with Crippen LogP contribution in [0.2, 0.25) is 0 Å². The van der Waals surface area contributed by atoms with Gasteiger partial charge in [0.1, 0.15) is 0 Å². The number of ether oxygens (including phenoxy) is 2. The first-order valence-electron chi connectivity index (χ1n) is 8.89. The number of nitrogens with zero attached hydrogens (tertiary/aromatic N) is 1. The van der Waals surface area contributed by atoms with Gasteiger partial charge in [0.05, 0.1) is 19.6 Å². The van der Waals surface area contributed by atoms with E-state index in [2.05, 4.69) is 11.9 Å². The van der Waals surface area contributed by atoms with Gasteiger partial charge in [-0.3, -0.25) is 9.59 Å². The second-order valence-electron chi connectivity index (χ2n) is 6.06. The third kappa shape index (κ3) is 10.5. The molecule has 0 aromatic carbocycles. The van der Waals surface area contributed by atoms with Crippen molar-refractivity contribution in [3.63, 3.8) is 0 Å². The Morgan fingerprint density at radius 3 is 2.04 bits per heavy atom. The molecule has 7 heteroatoms. The molecule has 0 aliphatic carbocycles. The lowest BCUT2D eigenvalue weighted by atomic mass is 10.2. The van der Waals surface area contributed by atoms with Crippen molar-refractivity contribution in [1.82, 2.24) is 4.90 Å². The second kappa shape index (κ2) is 13.8. The van der Waals surface area contributed by atoms with E-state index in [1.165, 1.54) is 0 Å². The smallest absolute Gasteiger partial charge is 0.307 e. The van der Waals surface area contributed by atoms with Crippen LogP contribution in [0.3, 0.4) is 0 Å². The highest BCUT2D eigenvalue weighted by molar-refractivity contribution is 8.77. The lowest BCUT2D eigenvalue weighted by molar-refractivity contribution is -0.145. The van der Waals surface area contributed by atoms with Crippen molar-refractivity contribution in [2.24, 2.45) is 0 Å². The number of carbonyl (C=O) groups is 2. The van der Waals surface area contributed by atoms with Gasteiger partial charge in [-0.2, -0.15) is 0 Å². The summed E-state index contributed by atoms with van der Waals surface area (Å²) in [7, 11) is 5.89. The van der Waals surface area contributed by atoms with Crippen LogP contribution in [-0.2, 0) is 19.1 Å². The lowest BCUT2D eigenvalue weighted by Crippen LogP contribution is -2.35. The Morgan fingerprint density at radius 1 is 0.958 bits per heavy atom. The van der Waals surface area contributed by atoms with Crippen LogP contribution in [0, 0.1) is 0 Å². The molecule has 0 N–H and O–H groups in total. The third-order valence-electron chi connectivity index (χ3n) is 3.92. The molecule has 5 nitrogen and oxygen atoms in total. The molecule has 1 rings (SSSR count). The van der Waals surface area contributed by atoms with E-state index in [1.54, 1.807) is 0 Å². The van der Waals surface area contributed by atoms with Gasteiger partial charge in [0.2, 0.25) is 0 Å². The van der Waals surface area contributed by atoms with Crippen LogP contribution in [0.5, 0.6) is 0 Å². The van der Waals surface area contributed by atoms with Gasteiger partial charge in [0, 0.05) is 30.5 Å². The summed E-state index contributed by atoms with van der Waals surface area (Å²) in [6.07, 6.45) is 5.55. The van der Waals surface area contributed by atoms with Gasteiger partial charge in [-0.05, 0) is 39.2 Å². The van der Waals surface area contributed by atoms with Crippen LogP contribution >= 0.6 is 21.6 Å². The highest BCUT2D eigenvalue weighted by Gasteiger charge is 2.21. The monoisotopic (exact) mass is 377 g/mol. The zero-order valence-electron chi connectivity index (χ0n) is 15.0. The number of hydrogen-bond acceptors (Lipinski definition) is 7. The molecule has 0 aromatic rings. The number of esters is 2. The van der Waals surface area contributed by atoms with Crippen LogP contribution in [0.4, 0.5) is 0 Å². The van der Waals surface area contributed by atoms with E-state index in [1.807, 2.05) is 28.5 Å². The molecule has 1 heterocycles. The van der Waals surface area contributed by atoms with Gasteiger partial charge in [0.15, 0.2) is 0 Å². The number of carbonyl (C=O) groups excluding carboxylic acids is 2. The van der Waals surface area contributed by atoms with Crippen molar-refractivity contribution in [3.8, 4) is 0 Å². The van der Waals surface area contributed by atoms with Crippen LogP contribution < -0.4 is 0 Å². The molecule has 0 bridgehead atoms. The van der Waals surface area contributed by atoms with E-state index in [0.29, 0.717) is 32.1 Å². The largest absolute Gasteiger partial charge is 0.466 e. The zero-order valence-corrected chi connectivity index (χ0v) is 16.6. The molecule has 0 unspecified atom stereocenters. The fourth-order valence-corrected chi connectivity index (χ4v) is 5.20. The molecule has 1 fully saturated rings. The summed E-state index contributed by atoms with van der Waals surface area (Å²) in [4.78, 5) is 25.1. The highest BCUT2D eigenvalue weighted by Crippen LogP contribution is 2.32. The van der Waals surface area contributed by atoms with Crippen LogP contribution in [0.15, 0.2) is 0 Å². The SMILES string of the molecule is CCCC(=O)OCCCCCCOC(=O)CCN(C)C1CSSC1.